The summed E-state index contributed by atoms with van der Waals surface area (Å²) in [6.45, 7) is 4.35. The molecule has 1 N–H and O–H groups in total. The molecule has 0 saturated carbocycles. The van der Waals surface area contributed by atoms with Crippen LogP contribution in [0.3, 0.4) is 0 Å². The van der Waals surface area contributed by atoms with E-state index < -0.39 is 11.6 Å². The molecule has 0 saturated heterocycles. The Balaban J connectivity index is 2.54. The number of unbranched alkanes of at least 4 members (excludes halogenated alkanes) is 7. The minimum Gasteiger partial charge on any atom is -0.481 e. The quantitative estimate of drug-likeness (QED) is 0.224. The Kier molecular flexibility index (Phi) is 13.1. The van der Waals surface area contributed by atoms with Crippen LogP contribution in [0.1, 0.15) is 109 Å². The number of rotatable bonds is 17. The number of carbonyl (C=O) groups excluding carboxylic acids is 1. The van der Waals surface area contributed by atoms with E-state index in [0.29, 0.717) is 6.42 Å². The molecule has 0 radical (unpaired) electrons. The van der Waals surface area contributed by atoms with E-state index in [1.54, 1.807) is 0 Å². The van der Waals surface area contributed by atoms with E-state index in [0.717, 1.165) is 82.6 Å². The van der Waals surface area contributed by atoms with Crippen LogP contribution in [0.2, 0.25) is 0 Å². The first-order chi connectivity index (χ1) is 14.0. The molecular formula is C25H40O4. The molecule has 0 atom stereocenters. The first kappa shape index (κ1) is 25.2. The Bertz CT molecular complexity index is 559. The predicted molar refractivity (Wildman–Crippen MR) is 118 cm³/mol. The smallest absolute Gasteiger partial charge is 0.306 e. The normalized spacial score (nSPS) is 11.4. The third kappa shape index (κ3) is 10.5. The summed E-state index contributed by atoms with van der Waals surface area (Å²) in [6, 6.07) is 10.2. The van der Waals surface area contributed by atoms with Gasteiger partial charge >= 0.3 is 11.9 Å². The highest BCUT2D eigenvalue weighted by atomic mass is 16.6. The molecule has 0 aliphatic heterocycles. The number of carbonyl (C=O) groups is 2. The molecule has 1 aromatic rings. The summed E-state index contributed by atoms with van der Waals surface area (Å²) in [4.78, 5) is 23.2. The van der Waals surface area contributed by atoms with Crippen molar-refractivity contribution >= 4 is 11.9 Å². The van der Waals surface area contributed by atoms with Crippen molar-refractivity contribution in [2.45, 2.75) is 109 Å². The van der Waals surface area contributed by atoms with Gasteiger partial charge in [-0.15, -0.1) is 0 Å². The molecule has 0 aliphatic carbocycles. The van der Waals surface area contributed by atoms with Crippen molar-refractivity contribution in [3.05, 3.63) is 35.9 Å². The molecule has 0 spiro atoms. The molecule has 29 heavy (non-hydrogen) atoms. The molecule has 0 aromatic heterocycles. The summed E-state index contributed by atoms with van der Waals surface area (Å²) in [5.74, 6) is -0.812. The third-order valence-electron chi connectivity index (χ3n) is 5.50. The van der Waals surface area contributed by atoms with E-state index in [-0.39, 0.29) is 12.4 Å². The van der Waals surface area contributed by atoms with Crippen LogP contribution in [0.5, 0.6) is 0 Å². The van der Waals surface area contributed by atoms with Gasteiger partial charge in [0.1, 0.15) is 5.60 Å². The number of hydrogen-bond acceptors (Lipinski definition) is 3. The Morgan fingerprint density at radius 3 is 1.83 bits per heavy atom. The van der Waals surface area contributed by atoms with E-state index in [9.17, 15) is 9.59 Å². The van der Waals surface area contributed by atoms with Gasteiger partial charge in [-0.1, -0.05) is 82.7 Å². The summed E-state index contributed by atoms with van der Waals surface area (Å²) in [5, 5.41) is 8.65. The van der Waals surface area contributed by atoms with Crippen LogP contribution in [0.25, 0.3) is 0 Å². The number of aliphatic carboxylic acids is 1. The number of ether oxygens (including phenoxy) is 1. The van der Waals surface area contributed by atoms with E-state index in [1.165, 1.54) is 0 Å². The fraction of sp³-hybridized carbons (Fsp3) is 0.680. The van der Waals surface area contributed by atoms with Gasteiger partial charge in [0.15, 0.2) is 0 Å². The lowest BCUT2D eigenvalue weighted by atomic mass is 9.83. The second-order valence-corrected chi connectivity index (χ2v) is 8.06. The molecule has 0 aliphatic rings. The van der Waals surface area contributed by atoms with Gasteiger partial charge in [0.25, 0.3) is 0 Å². The average molecular weight is 405 g/mol. The largest absolute Gasteiger partial charge is 0.481 e. The number of hydrogen-bond donors (Lipinski definition) is 1. The van der Waals surface area contributed by atoms with Gasteiger partial charge in [-0.3, -0.25) is 9.59 Å². The molecule has 0 unspecified atom stereocenters. The predicted octanol–water partition coefficient (Wildman–Crippen LogP) is 7.01. The summed E-state index contributed by atoms with van der Waals surface area (Å²) in [5.41, 5.74) is 0.620. The van der Waals surface area contributed by atoms with Gasteiger partial charge in [0.2, 0.25) is 0 Å². The number of carboxylic acid groups (broad SMARTS) is 1. The maximum Gasteiger partial charge on any atom is 0.306 e. The summed E-state index contributed by atoms with van der Waals surface area (Å²) in [6.07, 6.45) is 12.3. The minimum absolute atomic E-state index is 0.0908. The lowest BCUT2D eigenvalue weighted by Crippen LogP contribution is -2.33. The van der Waals surface area contributed by atoms with Gasteiger partial charge in [-0.05, 0) is 44.1 Å². The second-order valence-electron chi connectivity index (χ2n) is 8.06. The average Bonchev–Trinajstić information content (AvgIpc) is 2.72. The standard InChI is InChI=1S/C25H40O4/c1-3-5-20-25(21-6-4-2,22-16-12-11-13-17-22)29-24(28)19-15-10-8-7-9-14-18-23(26)27/h11-13,16-17H,3-10,14-15,18-21H2,1-2H3,(H,26,27). The van der Waals surface area contributed by atoms with E-state index in [2.05, 4.69) is 26.0 Å². The van der Waals surface area contributed by atoms with Crippen LogP contribution in [0, 0.1) is 0 Å². The third-order valence-corrected chi connectivity index (χ3v) is 5.50. The van der Waals surface area contributed by atoms with Crippen molar-refractivity contribution in [3.8, 4) is 0 Å². The van der Waals surface area contributed by atoms with Crippen LogP contribution in [0.4, 0.5) is 0 Å². The van der Waals surface area contributed by atoms with Crippen molar-refractivity contribution in [2.75, 3.05) is 0 Å². The van der Waals surface area contributed by atoms with Gasteiger partial charge in [-0.2, -0.15) is 0 Å². The summed E-state index contributed by atoms with van der Waals surface area (Å²) < 4.78 is 6.20. The fourth-order valence-corrected chi connectivity index (χ4v) is 3.76. The zero-order valence-electron chi connectivity index (χ0n) is 18.5. The van der Waals surface area contributed by atoms with Gasteiger partial charge < -0.3 is 9.84 Å². The Hall–Kier alpha value is -1.84. The Morgan fingerprint density at radius 1 is 0.793 bits per heavy atom. The maximum absolute atomic E-state index is 12.7. The SMILES string of the molecule is CCCCC(CCCC)(OC(=O)CCCCCCCCC(=O)O)c1ccccc1. The molecule has 0 bridgehead atoms. The topological polar surface area (TPSA) is 63.6 Å². The number of carboxylic acids is 1. The van der Waals surface area contributed by atoms with E-state index in [4.69, 9.17) is 9.84 Å². The van der Waals surface area contributed by atoms with Gasteiger partial charge in [0.05, 0.1) is 0 Å². The first-order valence-electron chi connectivity index (χ1n) is 11.5. The van der Waals surface area contributed by atoms with E-state index in [1.807, 2.05) is 18.2 Å². The maximum atomic E-state index is 12.7. The highest BCUT2D eigenvalue weighted by molar-refractivity contribution is 5.70. The van der Waals surface area contributed by atoms with Crippen molar-refractivity contribution in [2.24, 2.45) is 0 Å². The second kappa shape index (κ2) is 15.1. The van der Waals surface area contributed by atoms with Crippen LogP contribution >= 0.6 is 0 Å². The van der Waals surface area contributed by atoms with Crippen molar-refractivity contribution in [3.63, 3.8) is 0 Å². The molecular weight excluding hydrogens is 364 g/mol. The summed E-state index contributed by atoms with van der Waals surface area (Å²) >= 11 is 0. The highest BCUT2D eigenvalue weighted by Gasteiger charge is 2.35. The lowest BCUT2D eigenvalue weighted by Gasteiger charge is -2.34. The number of benzene rings is 1. The monoisotopic (exact) mass is 404 g/mol. The van der Waals surface area contributed by atoms with Crippen molar-refractivity contribution in [1.29, 1.82) is 0 Å². The molecule has 4 heteroatoms. The van der Waals surface area contributed by atoms with Crippen molar-refractivity contribution in [1.82, 2.24) is 0 Å². The molecule has 1 aromatic carbocycles. The lowest BCUT2D eigenvalue weighted by molar-refractivity contribution is -0.163. The highest BCUT2D eigenvalue weighted by Crippen LogP contribution is 2.37. The zero-order chi connectivity index (χ0) is 21.4. The first-order valence-corrected chi connectivity index (χ1v) is 11.5. The molecule has 0 heterocycles. The minimum atomic E-state index is -0.721. The summed E-state index contributed by atoms with van der Waals surface area (Å²) in [7, 11) is 0. The molecule has 4 nitrogen and oxygen atoms in total. The molecule has 0 fully saturated rings. The zero-order valence-corrected chi connectivity index (χ0v) is 18.5. The molecule has 1 rings (SSSR count). The van der Waals surface area contributed by atoms with Crippen LogP contribution in [-0.2, 0) is 19.9 Å². The van der Waals surface area contributed by atoms with Crippen LogP contribution < -0.4 is 0 Å². The number of esters is 1. The van der Waals surface area contributed by atoms with Gasteiger partial charge in [0, 0.05) is 12.8 Å². The molecule has 0 amide bonds. The van der Waals surface area contributed by atoms with E-state index >= 15 is 0 Å². The Labute approximate surface area is 177 Å². The fourth-order valence-electron chi connectivity index (χ4n) is 3.76. The van der Waals surface area contributed by atoms with Crippen LogP contribution in [0.15, 0.2) is 30.3 Å². The molecule has 164 valence electrons. The van der Waals surface area contributed by atoms with Crippen molar-refractivity contribution < 1.29 is 19.4 Å². The Morgan fingerprint density at radius 2 is 1.31 bits per heavy atom. The van der Waals surface area contributed by atoms with Crippen LogP contribution in [-0.4, -0.2) is 17.0 Å². The van der Waals surface area contributed by atoms with Gasteiger partial charge in [-0.25, -0.2) is 0 Å².